The van der Waals surface area contributed by atoms with Crippen LogP contribution >= 0.6 is 23.2 Å². The minimum atomic E-state index is -1.66. The van der Waals surface area contributed by atoms with E-state index in [1.165, 1.54) is 19.5 Å². The number of amides is 1. The van der Waals surface area contributed by atoms with Crippen LogP contribution in [0, 0.1) is 0 Å². The summed E-state index contributed by atoms with van der Waals surface area (Å²) in [6.07, 6.45) is 2.56. The van der Waals surface area contributed by atoms with Gasteiger partial charge in [0.2, 0.25) is 0 Å². The van der Waals surface area contributed by atoms with Gasteiger partial charge in [0.05, 0.1) is 28.5 Å². The minimum absolute atomic E-state index is 0.0282. The third kappa shape index (κ3) is 3.14. The van der Waals surface area contributed by atoms with Gasteiger partial charge in [-0.2, -0.15) is 0 Å². The Labute approximate surface area is 174 Å². The highest BCUT2D eigenvalue weighted by Gasteiger charge is 2.29. The minimum Gasteiger partial charge on any atom is -0.493 e. The monoisotopic (exact) mass is 430 g/mol. The molecule has 0 spiro atoms. The van der Waals surface area contributed by atoms with Crippen LogP contribution in [0.15, 0.2) is 53.2 Å². The summed E-state index contributed by atoms with van der Waals surface area (Å²) in [7, 11) is 1.54. The molecule has 0 aliphatic carbocycles. The van der Waals surface area contributed by atoms with Crippen molar-refractivity contribution in [3.05, 3.63) is 58.8 Å². The highest BCUT2D eigenvalue weighted by atomic mass is 35.5. The van der Waals surface area contributed by atoms with Crippen LogP contribution in [-0.4, -0.2) is 29.1 Å². The summed E-state index contributed by atoms with van der Waals surface area (Å²) in [5.74, 6) is -2.32. The van der Waals surface area contributed by atoms with Crippen LogP contribution in [0.2, 0.25) is 10.0 Å². The van der Waals surface area contributed by atoms with Crippen LogP contribution in [-0.2, 0) is 9.59 Å². The van der Waals surface area contributed by atoms with Crippen molar-refractivity contribution in [1.82, 2.24) is 4.98 Å². The van der Waals surface area contributed by atoms with Gasteiger partial charge in [-0.05, 0) is 24.3 Å². The Kier molecular flexibility index (Phi) is 4.77. The summed E-state index contributed by atoms with van der Waals surface area (Å²) in [6, 6.07) is 10.2. The van der Waals surface area contributed by atoms with Crippen molar-refractivity contribution in [2.75, 3.05) is 12.0 Å². The van der Waals surface area contributed by atoms with Gasteiger partial charge in [0.25, 0.3) is 0 Å². The van der Waals surface area contributed by atoms with Gasteiger partial charge in [-0.15, -0.1) is 0 Å². The van der Waals surface area contributed by atoms with E-state index in [4.69, 9.17) is 32.4 Å². The molecular formula is C20H12Cl2N2O5. The molecule has 0 atom stereocenters. The second-order valence-corrected chi connectivity index (χ2v) is 6.83. The Bertz CT molecular complexity index is 1260. The predicted octanol–water partition coefficient (Wildman–Crippen LogP) is 5.05. The first-order chi connectivity index (χ1) is 13.9. The van der Waals surface area contributed by atoms with Crippen molar-refractivity contribution >= 4 is 68.4 Å². The number of furan rings is 1. The maximum Gasteiger partial charge on any atom is 0.395 e. The number of carboxylic acids is 1. The molecule has 146 valence electrons. The smallest absolute Gasteiger partial charge is 0.395 e. The molecule has 0 bridgehead atoms. The van der Waals surface area contributed by atoms with Gasteiger partial charge in [0.1, 0.15) is 5.58 Å². The van der Waals surface area contributed by atoms with Gasteiger partial charge in [0.15, 0.2) is 11.3 Å². The molecular weight excluding hydrogens is 419 g/mol. The fourth-order valence-electron chi connectivity index (χ4n) is 3.12. The molecule has 0 saturated carbocycles. The summed E-state index contributed by atoms with van der Waals surface area (Å²) in [5.41, 5.74) is 1.37. The van der Waals surface area contributed by atoms with Crippen molar-refractivity contribution in [3.63, 3.8) is 0 Å². The van der Waals surface area contributed by atoms with Crippen molar-refractivity contribution in [2.24, 2.45) is 0 Å². The number of pyridine rings is 1. The normalized spacial score (nSPS) is 11.0. The van der Waals surface area contributed by atoms with E-state index in [9.17, 15) is 14.7 Å². The van der Waals surface area contributed by atoms with E-state index in [1.807, 2.05) is 6.07 Å². The zero-order valence-corrected chi connectivity index (χ0v) is 16.4. The summed E-state index contributed by atoms with van der Waals surface area (Å²) in [5, 5.41) is 10.8. The number of methoxy groups -OCH3 is 1. The molecule has 2 aromatic carbocycles. The molecule has 1 amide bonds. The first-order valence-electron chi connectivity index (χ1n) is 8.28. The van der Waals surface area contributed by atoms with E-state index in [0.29, 0.717) is 22.3 Å². The third-order valence-corrected chi connectivity index (χ3v) is 4.91. The van der Waals surface area contributed by atoms with E-state index in [2.05, 4.69) is 4.98 Å². The Morgan fingerprint density at radius 2 is 1.83 bits per heavy atom. The van der Waals surface area contributed by atoms with Crippen LogP contribution in [0.25, 0.3) is 21.9 Å². The number of para-hydroxylation sites is 1. The molecule has 0 aliphatic rings. The van der Waals surface area contributed by atoms with E-state index < -0.39 is 11.9 Å². The van der Waals surface area contributed by atoms with Crippen LogP contribution in [0.4, 0.5) is 11.4 Å². The number of hydrogen-bond donors (Lipinski definition) is 1. The van der Waals surface area contributed by atoms with Crippen LogP contribution in [0.5, 0.6) is 5.75 Å². The zero-order valence-electron chi connectivity index (χ0n) is 14.8. The standard InChI is InChI=1S/C20H12Cl2N2O5/c1-28-16-4-2-3-11-12-7-10(5-6-15(12)29-18(11)16)24(19(25)20(26)27)17-13(21)8-23-9-14(17)22/h2-9H,1H3,(H,26,27). The van der Waals surface area contributed by atoms with E-state index >= 15 is 0 Å². The number of aromatic nitrogens is 1. The number of ether oxygens (including phenoxy) is 1. The van der Waals surface area contributed by atoms with E-state index in [0.717, 1.165) is 10.3 Å². The Morgan fingerprint density at radius 1 is 1.10 bits per heavy atom. The SMILES string of the molecule is COc1cccc2c1oc1ccc(N(C(=O)C(=O)O)c3c(Cl)cncc3Cl)cc12. The summed E-state index contributed by atoms with van der Waals surface area (Å²) in [6.45, 7) is 0. The van der Waals surface area contributed by atoms with Crippen molar-refractivity contribution in [2.45, 2.75) is 0 Å². The van der Waals surface area contributed by atoms with Crippen LogP contribution < -0.4 is 9.64 Å². The van der Waals surface area contributed by atoms with Crippen LogP contribution in [0.3, 0.4) is 0 Å². The number of rotatable bonds is 3. The second kappa shape index (κ2) is 7.27. The lowest BCUT2D eigenvalue weighted by molar-refractivity contribution is -0.148. The summed E-state index contributed by atoms with van der Waals surface area (Å²) >= 11 is 12.4. The molecule has 9 heteroatoms. The molecule has 29 heavy (non-hydrogen) atoms. The molecule has 2 aromatic heterocycles. The van der Waals surface area contributed by atoms with Gasteiger partial charge in [-0.3, -0.25) is 14.7 Å². The number of fused-ring (bicyclic) bond motifs is 3. The van der Waals surface area contributed by atoms with Gasteiger partial charge in [-0.25, -0.2) is 4.79 Å². The lowest BCUT2D eigenvalue weighted by Gasteiger charge is -2.23. The van der Waals surface area contributed by atoms with E-state index in [1.54, 1.807) is 30.3 Å². The van der Waals surface area contributed by atoms with Crippen molar-refractivity contribution in [3.8, 4) is 5.75 Å². The number of nitrogens with zero attached hydrogens (tertiary/aromatic N) is 2. The lowest BCUT2D eigenvalue weighted by Crippen LogP contribution is -2.33. The molecule has 0 radical (unpaired) electrons. The van der Waals surface area contributed by atoms with Crippen molar-refractivity contribution < 1.29 is 23.8 Å². The van der Waals surface area contributed by atoms with Gasteiger partial charge < -0.3 is 14.3 Å². The quantitative estimate of drug-likeness (QED) is 0.457. The highest BCUT2D eigenvalue weighted by Crippen LogP contribution is 2.41. The second-order valence-electron chi connectivity index (χ2n) is 6.02. The van der Waals surface area contributed by atoms with Crippen LogP contribution in [0.1, 0.15) is 0 Å². The number of carbonyl (C=O) groups is 2. The zero-order chi connectivity index (χ0) is 20.7. The Morgan fingerprint density at radius 3 is 2.48 bits per heavy atom. The lowest BCUT2D eigenvalue weighted by atomic mass is 10.1. The molecule has 4 aromatic rings. The third-order valence-electron chi connectivity index (χ3n) is 4.36. The van der Waals surface area contributed by atoms with Gasteiger partial charge >= 0.3 is 11.9 Å². The number of aliphatic carboxylic acids is 1. The molecule has 7 nitrogen and oxygen atoms in total. The molecule has 0 aliphatic heterocycles. The maximum absolute atomic E-state index is 12.5. The van der Waals surface area contributed by atoms with Gasteiger partial charge in [-0.1, -0.05) is 35.3 Å². The predicted molar refractivity (Wildman–Crippen MR) is 109 cm³/mol. The first-order valence-corrected chi connectivity index (χ1v) is 9.03. The molecule has 2 heterocycles. The number of carbonyl (C=O) groups excluding carboxylic acids is 1. The Hall–Kier alpha value is -3.29. The number of anilines is 2. The van der Waals surface area contributed by atoms with Gasteiger partial charge in [0, 0.05) is 23.2 Å². The average molecular weight is 431 g/mol. The van der Waals surface area contributed by atoms with Crippen molar-refractivity contribution in [1.29, 1.82) is 0 Å². The Balaban J connectivity index is 1.99. The largest absolute Gasteiger partial charge is 0.493 e. The molecule has 0 saturated heterocycles. The molecule has 0 fully saturated rings. The first kappa shape index (κ1) is 19.0. The number of halogens is 2. The number of carboxylic acid groups (broad SMARTS) is 1. The summed E-state index contributed by atoms with van der Waals surface area (Å²) < 4.78 is 11.2. The number of hydrogen-bond acceptors (Lipinski definition) is 5. The molecule has 1 N–H and O–H groups in total. The highest BCUT2D eigenvalue weighted by molar-refractivity contribution is 6.45. The summed E-state index contributed by atoms with van der Waals surface area (Å²) in [4.78, 5) is 28.8. The topological polar surface area (TPSA) is 92.9 Å². The van der Waals surface area contributed by atoms with E-state index in [-0.39, 0.29) is 21.4 Å². The number of benzene rings is 2. The molecule has 4 rings (SSSR count). The maximum atomic E-state index is 12.5. The fraction of sp³-hybridized carbons (Fsp3) is 0.0500. The fourth-order valence-corrected chi connectivity index (χ4v) is 3.66. The average Bonchev–Trinajstić information content (AvgIpc) is 3.08. The molecule has 0 unspecified atom stereocenters.